The van der Waals surface area contributed by atoms with Gasteiger partial charge in [-0.2, -0.15) is 5.10 Å². The van der Waals surface area contributed by atoms with Crippen molar-refractivity contribution in [1.29, 1.82) is 0 Å². The summed E-state index contributed by atoms with van der Waals surface area (Å²) in [6.07, 6.45) is 0.621. The standard InChI is InChI=1S/C35H33N3O5/c1-40-27-16-14-23(20-29(27)41-2)18-19-38-34(31-32(25-12-8-5-9-13-25)36-37-33(31)35(38)39)26-15-17-28(30(21-26)42-3)43-22-24-10-6-4-7-11-24/h4-17,20-21,34H,18-19,22H2,1-3H3,(H,36,37). The Morgan fingerprint density at radius 2 is 1.42 bits per heavy atom. The molecule has 2 heterocycles. The van der Waals surface area contributed by atoms with Crippen LogP contribution in [0.5, 0.6) is 23.0 Å². The van der Waals surface area contributed by atoms with E-state index >= 15 is 0 Å². The molecule has 0 saturated heterocycles. The zero-order valence-corrected chi connectivity index (χ0v) is 24.4. The van der Waals surface area contributed by atoms with Gasteiger partial charge >= 0.3 is 0 Å². The lowest BCUT2D eigenvalue weighted by molar-refractivity contribution is 0.0745. The van der Waals surface area contributed by atoms with Crippen LogP contribution in [0, 0.1) is 0 Å². The number of hydrogen-bond acceptors (Lipinski definition) is 6. The number of carbonyl (C=O) groups is 1. The van der Waals surface area contributed by atoms with Gasteiger partial charge in [0.15, 0.2) is 23.0 Å². The van der Waals surface area contributed by atoms with Crippen LogP contribution in [0.1, 0.15) is 38.8 Å². The van der Waals surface area contributed by atoms with Crippen molar-refractivity contribution in [1.82, 2.24) is 15.1 Å². The highest BCUT2D eigenvalue weighted by Crippen LogP contribution is 2.44. The first kappa shape index (κ1) is 27.9. The number of aromatic amines is 1. The predicted octanol–water partition coefficient (Wildman–Crippen LogP) is 6.47. The quantitative estimate of drug-likeness (QED) is 0.194. The second-order valence-electron chi connectivity index (χ2n) is 10.3. The van der Waals surface area contributed by atoms with E-state index < -0.39 is 0 Å². The molecule has 0 radical (unpaired) electrons. The van der Waals surface area contributed by atoms with Crippen LogP contribution >= 0.6 is 0 Å². The van der Waals surface area contributed by atoms with Crippen molar-refractivity contribution in [2.75, 3.05) is 27.9 Å². The van der Waals surface area contributed by atoms with Crippen molar-refractivity contribution < 1.29 is 23.7 Å². The van der Waals surface area contributed by atoms with Gasteiger partial charge < -0.3 is 23.8 Å². The number of benzene rings is 4. The second kappa shape index (κ2) is 12.3. The van der Waals surface area contributed by atoms with E-state index in [0.717, 1.165) is 33.5 Å². The van der Waals surface area contributed by atoms with Gasteiger partial charge in [0, 0.05) is 17.7 Å². The maximum atomic E-state index is 13.9. The molecule has 0 aliphatic carbocycles. The molecule has 0 bridgehead atoms. The largest absolute Gasteiger partial charge is 0.493 e. The van der Waals surface area contributed by atoms with Gasteiger partial charge in [-0.1, -0.05) is 72.8 Å². The molecule has 43 heavy (non-hydrogen) atoms. The van der Waals surface area contributed by atoms with E-state index in [1.165, 1.54) is 0 Å². The van der Waals surface area contributed by atoms with Gasteiger partial charge in [0.1, 0.15) is 12.3 Å². The minimum absolute atomic E-state index is 0.0986. The first-order valence-electron chi connectivity index (χ1n) is 14.1. The summed E-state index contributed by atoms with van der Waals surface area (Å²) in [5.41, 5.74) is 6.04. The Morgan fingerprint density at radius 3 is 2.14 bits per heavy atom. The zero-order valence-electron chi connectivity index (χ0n) is 24.4. The predicted molar refractivity (Wildman–Crippen MR) is 164 cm³/mol. The minimum Gasteiger partial charge on any atom is -0.493 e. The van der Waals surface area contributed by atoms with Crippen molar-refractivity contribution in [2.45, 2.75) is 19.1 Å². The van der Waals surface area contributed by atoms with Gasteiger partial charge in [0.05, 0.1) is 33.1 Å². The summed E-state index contributed by atoms with van der Waals surface area (Å²) in [6, 6.07) is 31.2. The number of hydrogen-bond donors (Lipinski definition) is 1. The molecule has 1 unspecified atom stereocenters. The normalized spacial score (nSPS) is 14.0. The third-order valence-electron chi connectivity index (χ3n) is 7.74. The number of ether oxygens (including phenoxy) is 4. The average Bonchev–Trinajstić information content (AvgIpc) is 3.61. The highest BCUT2D eigenvalue weighted by atomic mass is 16.5. The summed E-state index contributed by atoms with van der Waals surface area (Å²) >= 11 is 0. The molecule has 8 heteroatoms. The number of rotatable bonds is 11. The average molecular weight is 576 g/mol. The van der Waals surface area contributed by atoms with Crippen molar-refractivity contribution in [3.05, 3.63) is 125 Å². The SMILES string of the molecule is COc1ccc(CCN2C(=O)c3[nH]nc(-c4ccccc4)c3C2c2ccc(OCc3ccccc3)c(OC)c2)cc1OC. The Bertz CT molecular complexity index is 1720. The summed E-state index contributed by atoms with van der Waals surface area (Å²) in [4.78, 5) is 15.8. The zero-order chi connectivity index (χ0) is 29.8. The van der Waals surface area contributed by atoms with Crippen LogP contribution in [0.25, 0.3) is 11.3 Å². The lowest BCUT2D eigenvalue weighted by atomic mass is 9.95. The molecular formula is C35H33N3O5. The van der Waals surface area contributed by atoms with E-state index in [1.807, 2.05) is 102 Å². The molecule has 1 aliphatic heterocycles. The van der Waals surface area contributed by atoms with Gasteiger partial charge in [-0.15, -0.1) is 0 Å². The van der Waals surface area contributed by atoms with Gasteiger partial charge in [-0.05, 0) is 47.4 Å². The van der Waals surface area contributed by atoms with Crippen molar-refractivity contribution in [2.24, 2.45) is 0 Å². The fourth-order valence-electron chi connectivity index (χ4n) is 5.58. The van der Waals surface area contributed by atoms with E-state index in [1.54, 1.807) is 21.3 Å². The molecule has 8 nitrogen and oxygen atoms in total. The number of aromatic nitrogens is 2. The van der Waals surface area contributed by atoms with Gasteiger partial charge in [0.25, 0.3) is 5.91 Å². The van der Waals surface area contributed by atoms with Gasteiger partial charge in [-0.3, -0.25) is 9.89 Å². The third kappa shape index (κ3) is 5.51. The summed E-state index contributed by atoms with van der Waals surface area (Å²) in [7, 11) is 4.86. The molecule has 1 aliphatic rings. The molecule has 6 rings (SSSR count). The number of carbonyl (C=O) groups excluding carboxylic acids is 1. The first-order chi connectivity index (χ1) is 21.1. The van der Waals surface area contributed by atoms with E-state index in [9.17, 15) is 4.79 Å². The van der Waals surface area contributed by atoms with E-state index in [4.69, 9.17) is 18.9 Å². The van der Waals surface area contributed by atoms with E-state index in [2.05, 4.69) is 10.2 Å². The lowest BCUT2D eigenvalue weighted by Crippen LogP contribution is -2.31. The first-order valence-corrected chi connectivity index (χ1v) is 14.1. The number of fused-ring (bicyclic) bond motifs is 1. The maximum absolute atomic E-state index is 13.9. The summed E-state index contributed by atoms with van der Waals surface area (Å²) < 4.78 is 22.8. The summed E-state index contributed by atoms with van der Waals surface area (Å²) in [6.45, 7) is 0.893. The molecule has 1 N–H and O–H groups in total. The van der Waals surface area contributed by atoms with Crippen molar-refractivity contribution in [3.8, 4) is 34.3 Å². The Balaban J connectivity index is 1.36. The van der Waals surface area contributed by atoms with Crippen molar-refractivity contribution >= 4 is 5.91 Å². The Morgan fingerprint density at radius 1 is 0.744 bits per heavy atom. The minimum atomic E-state index is -0.381. The summed E-state index contributed by atoms with van der Waals surface area (Å²) in [5, 5.41) is 7.63. The van der Waals surface area contributed by atoms with E-state index in [-0.39, 0.29) is 11.9 Å². The monoisotopic (exact) mass is 575 g/mol. The van der Waals surface area contributed by atoms with Crippen LogP contribution in [-0.2, 0) is 13.0 Å². The Labute approximate surface area is 250 Å². The lowest BCUT2D eigenvalue weighted by Gasteiger charge is -2.27. The number of nitrogens with one attached hydrogen (secondary N) is 1. The molecule has 1 amide bonds. The molecule has 0 spiro atoms. The van der Waals surface area contributed by atoms with Crippen LogP contribution in [0.2, 0.25) is 0 Å². The molecule has 1 aromatic heterocycles. The molecule has 218 valence electrons. The number of amides is 1. The van der Waals surface area contributed by atoms with Crippen LogP contribution in [0.4, 0.5) is 0 Å². The third-order valence-corrected chi connectivity index (χ3v) is 7.74. The van der Waals surface area contributed by atoms with Crippen LogP contribution in [0.15, 0.2) is 97.1 Å². The second-order valence-corrected chi connectivity index (χ2v) is 10.3. The summed E-state index contributed by atoms with van der Waals surface area (Å²) in [5.74, 6) is 2.45. The fourth-order valence-corrected chi connectivity index (χ4v) is 5.58. The maximum Gasteiger partial charge on any atom is 0.273 e. The smallest absolute Gasteiger partial charge is 0.273 e. The number of nitrogens with zero attached hydrogens (tertiary/aromatic N) is 2. The van der Waals surface area contributed by atoms with Gasteiger partial charge in [0.2, 0.25) is 0 Å². The topological polar surface area (TPSA) is 85.9 Å². The van der Waals surface area contributed by atoms with Crippen LogP contribution < -0.4 is 18.9 Å². The highest BCUT2D eigenvalue weighted by molar-refractivity contribution is 6.00. The molecule has 0 fully saturated rings. The number of methoxy groups -OCH3 is 3. The van der Waals surface area contributed by atoms with Crippen molar-refractivity contribution in [3.63, 3.8) is 0 Å². The molecule has 5 aromatic rings. The highest BCUT2D eigenvalue weighted by Gasteiger charge is 2.42. The molecular weight excluding hydrogens is 542 g/mol. The molecule has 1 atom stereocenters. The molecule has 0 saturated carbocycles. The van der Waals surface area contributed by atoms with Gasteiger partial charge in [-0.25, -0.2) is 0 Å². The van der Waals surface area contributed by atoms with Crippen LogP contribution in [0.3, 0.4) is 0 Å². The van der Waals surface area contributed by atoms with E-state index in [0.29, 0.717) is 48.3 Å². The number of H-pyrrole nitrogens is 1. The molecule has 4 aromatic carbocycles. The van der Waals surface area contributed by atoms with Crippen LogP contribution in [-0.4, -0.2) is 48.9 Å². The Kier molecular flexibility index (Phi) is 8.00. The Hall–Kier alpha value is -5.24. The fraction of sp³-hybridized carbons (Fsp3) is 0.200.